The van der Waals surface area contributed by atoms with Gasteiger partial charge in [0.05, 0.1) is 0 Å². The molecule has 0 saturated carbocycles. The van der Waals surface area contributed by atoms with Crippen molar-refractivity contribution in [3.05, 3.63) is 22.7 Å². The zero-order valence-electron chi connectivity index (χ0n) is 12.2. The quantitative estimate of drug-likeness (QED) is 0.875. The van der Waals surface area contributed by atoms with Crippen LogP contribution in [-0.2, 0) is 6.54 Å². The predicted molar refractivity (Wildman–Crippen MR) is 75.9 cm³/mol. The van der Waals surface area contributed by atoms with Gasteiger partial charge in [-0.1, -0.05) is 34.6 Å². The van der Waals surface area contributed by atoms with E-state index in [9.17, 15) is 4.79 Å². The molecule has 0 aliphatic heterocycles. The smallest absolute Gasteiger partial charge is 0.293 e. The van der Waals surface area contributed by atoms with E-state index in [2.05, 4.69) is 44.9 Å². The predicted octanol–water partition coefficient (Wildman–Crippen LogP) is 2.75. The van der Waals surface area contributed by atoms with Gasteiger partial charge in [-0.05, 0) is 17.8 Å². The van der Waals surface area contributed by atoms with Gasteiger partial charge in [0, 0.05) is 25.5 Å². The number of hydrogen-bond donors (Lipinski definition) is 1. The van der Waals surface area contributed by atoms with E-state index in [1.54, 1.807) is 17.0 Å². The Balaban J connectivity index is 2.74. The molecule has 1 atom stereocenters. The molecule has 0 bridgehead atoms. The molecule has 0 aliphatic rings. The molecule has 4 heteroatoms. The summed E-state index contributed by atoms with van der Waals surface area (Å²) in [6.07, 6.45) is 4.37. The minimum atomic E-state index is -0.0274. The number of hydrogen-bond acceptors (Lipinski definition) is 3. The molecule has 1 aromatic heterocycles. The zero-order chi connectivity index (χ0) is 13.8. The molecule has 0 amide bonds. The van der Waals surface area contributed by atoms with Gasteiger partial charge in [0.25, 0.3) is 5.56 Å². The molecule has 0 saturated heterocycles. The first-order valence-corrected chi connectivity index (χ1v) is 6.65. The van der Waals surface area contributed by atoms with Crippen molar-refractivity contribution in [3.63, 3.8) is 0 Å². The van der Waals surface area contributed by atoms with Gasteiger partial charge in [0.2, 0.25) is 0 Å². The summed E-state index contributed by atoms with van der Waals surface area (Å²) < 4.78 is 1.71. The van der Waals surface area contributed by atoms with Crippen molar-refractivity contribution in [1.82, 2.24) is 9.55 Å². The van der Waals surface area contributed by atoms with Crippen molar-refractivity contribution in [2.24, 2.45) is 11.3 Å². The Morgan fingerprint density at radius 1 is 1.44 bits per heavy atom. The van der Waals surface area contributed by atoms with Crippen molar-refractivity contribution < 1.29 is 0 Å². The van der Waals surface area contributed by atoms with E-state index in [1.165, 1.54) is 0 Å². The van der Waals surface area contributed by atoms with Crippen LogP contribution in [0.2, 0.25) is 0 Å². The number of aryl methyl sites for hydroxylation is 1. The summed E-state index contributed by atoms with van der Waals surface area (Å²) in [7, 11) is 0. The normalized spacial score (nSPS) is 13.4. The molecule has 1 rings (SSSR count). The Morgan fingerprint density at radius 3 is 2.67 bits per heavy atom. The summed E-state index contributed by atoms with van der Waals surface area (Å²) in [4.78, 5) is 16.2. The van der Waals surface area contributed by atoms with Gasteiger partial charge < -0.3 is 9.88 Å². The van der Waals surface area contributed by atoms with Crippen molar-refractivity contribution in [3.8, 4) is 0 Å². The maximum Gasteiger partial charge on any atom is 0.293 e. The lowest BCUT2D eigenvalue weighted by Crippen LogP contribution is -2.29. The third kappa shape index (κ3) is 3.86. The number of rotatable bonds is 5. The second-order valence-corrected chi connectivity index (χ2v) is 5.92. The van der Waals surface area contributed by atoms with Crippen molar-refractivity contribution in [1.29, 1.82) is 0 Å². The third-order valence-electron chi connectivity index (χ3n) is 3.43. The van der Waals surface area contributed by atoms with E-state index < -0.39 is 0 Å². The fourth-order valence-electron chi connectivity index (χ4n) is 1.54. The monoisotopic (exact) mass is 251 g/mol. The molecule has 1 heterocycles. The second-order valence-electron chi connectivity index (χ2n) is 5.92. The number of anilines is 1. The Labute approximate surface area is 109 Å². The minimum Gasteiger partial charge on any atom is -0.365 e. The molecule has 102 valence electrons. The Morgan fingerprint density at radius 2 is 2.11 bits per heavy atom. The summed E-state index contributed by atoms with van der Waals surface area (Å²) in [6.45, 7) is 12.3. The van der Waals surface area contributed by atoms with Gasteiger partial charge in [-0.2, -0.15) is 0 Å². The molecular weight excluding hydrogens is 226 g/mol. The largest absolute Gasteiger partial charge is 0.365 e. The van der Waals surface area contributed by atoms with Crippen LogP contribution in [-0.4, -0.2) is 16.1 Å². The topological polar surface area (TPSA) is 46.9 Å². The van der Waals surface area contributed by atoms with Gasteiger partial charge in [-0.3, -0.25) is 4.79 Å². The molecule has 0 aliphatic carbocycles. The van der Waals surface area contributed by atoms with Crippen LogP contribution in [0.4, 0.5) is 5.82 Å². The van der Waals surface area contributed by atoms with Crippen LogP contribution in [0, 0.1) is 11.3 Å². The van der Waals surface area contributed by atoms with Crippen molar-refractivity contribution in [2.45, 2.75) is 47.6 Å². The Bertz CT molecular complexity index is 431. The summed E-state index contributed by atoms with van der Waals surface area (Å²) in [5, 5.41) is 3.17. The van der Waals surface area contributed by atoms with Gasteiger partial charge in [0.1, 0.15) is 0 Å². The first kappa shape index (κ1) is 14.7. The molecule has 0 fully saturated rings. The van der Waals surface area contributed by atoms with Gasteiger partial charge in [-0.15, -0.1) is 0 Å². The first-order chi connectivity index (χ1) is 8.36. The van der Waals surface area contributed by atoms with Crippen LogP contribution in [0.5, 0.6) is 0 Å². The molecule has 0 spiro atoms. The minimum absolute atomic E-state index is 0.0274. The number of aromatic nitrogens is 2. The highest BCUT2D eigenvalue weighted by atomic mass is 16.1. The molecule has 0 radical (unpaired) electrons. The lowest BCUT2D eigenvalue weighted by Gasteiger charge is -2.27. The zero-order valence-corrected chi connectivity index (χ0v) is 12.2. The second kappa shape index (κ2) is 6.03. The summed E-state index contributed by atoms with van der Waals surface area (Å²) in [5.41, 5.74) is 0.199. The summed E-state index contributed by atoms with van der Waals surface area (Å²) in [6, 6.07) is 0. The highest BCUT2D eigenvalue weighted by Crippen LogP contribution is 2.24. The SMILES string of the molecule is CCCn1ccnc(NCC(C)C(C)(C)C)c1=O. The van der Waals surface area contributed by atoms with Gasteiger partial charge in [0.15, 0.2) is 5.82 Å². The van der Waals surface area contributed by atoms with Gasteiger partial charge >= 0.3 is 0 Å². The van der Waals surface area contributed by atoms with Crippen molar-refractivity contribution in [2.75, 3.05) is 11.9 Å². The number of nitrogens with zero attached hydrogens (tertiary/aromatic N) is 2. The van der Waals surface area contributed by atoms with Crippen LogP contribution >= 0.6 is 0 Å². The summed E-state index contributed by atoms with van der Waals surface area (Å²) in [5.74, 6) is 0.931. The third-order valence-corrected chi connectivity index (χ3v) is 3.43. The fourth-order valence-corrected chi connectivity index (χ4v) is 1.54. The Hall–Kier alpha value is -1.32. The van der Waals surface area contributed by atoms with E-state index in [0.29, 0.717) is 11.7 Å². The standard InChI is InChI=1S/C14H25N3O/c1-6-8-17-9-7-15-12(13(17)18)16-10-11(2)14(3,4)5/h7,9,11H,6,8,10H2,1-5H3,(H,15,16). The number of nitrogens with one attached hydrogen (secondary N) is 1. The lowest BCUT2D eigenvalue weighted by atomic mass is 9.82. The van der Waals surface area contributed by atoms with Crippen molar-refractivity contribution >= 4 is 5.82 Å². The Kier molecular flexibility index (Phi) is 4.93. The van der Waals surface area contributed by atoms with E-state index in [4.69, 9.17) is 0 Å². The molecular formula is C14H25N3O. The molecule has 0 aromatic carbocycles. The molecule has 18 heavy (non-hydrogen) atoms. The molecule has 1 unspecified atom stereocenters. The first-order valence-electron chi connectivity index (χ1n) is 6.65. The average molecular weight is 251 g/mol. The van der Waals surface area contributed by atoms with E-state index in [-0.39, 0.29) is 11.0 Å². The van der Waals surface area contributed by atoms with E-state index in [0.717, 1.165) is 19.5 Å². The maximum atomic E-state index is 12.1. The average Bonchev–Trinajstić information content (AvgIpc) is 2.29. The summed E-state index contributed by atoms with van der Waals surface area (Å²) >= 11 is 0. The highest BCUT2D eigenvalue weighted by molar-refractivity contribution is 5.30. The van der Waals surface area contributed by atoms with Crippen LogP contribution in [0.25, 0.3) is 0 Å². The van der Waals surface area contributed by atoms with Crippen LogP contribution in [0.15, 0.2) is 17.2 Å². The van der Waals surface area contributed by atoms with E-state index in [1.807, 2.05) is 0 Å². The van der Waals surface area contributed by atoms with Crippen LogP contribution in [0.1, 0.15) is 41.0 Å². The molecule has 4 nitrogen and oxygen atoms in total. The van der Waals surface area contributed by atoms with Gasteiger partial charge in [-0.25, -0.2) is 4.98 Å². The van der Waals surface area contributed by atoms with Crippen LogP contribution in [0.3, 0.4) is 0 Å². The lowest BCUT2D eigenvalue weighted by molar-refractivity contribution is 0.274. The molecule has 1 aromatic rings. The highest BCUT2D eigenvalue weighted by Gasteiger charge is 2.20. The van der Waals surface area contributed by atoms with E-state index >= 15 is 0 Å². The van der Waals surface area contributed by atoms with Crippen LogP contribution < -0.4 is 10.9 Å². The fraction of sp³-hybridized carbons (Fsp3) is 0.714. The molecule has 1 N–H and O–H groups in total. The maximum absolute atomic E-state index is 12.1.